The Hall–Kier alpha value is -2.73. The van der Waals surface area contributed by atoms with Gasteiger partial charge in [0, 0.05) is 12.5 Å². The molecule has 0 fully saturated rings. The summed E-state index contributed by atoms with van der Waals surface area (Å²) < 4.78 is 6.21. The number of hydrogen-bond donors (Lipinski definition) is 1. The quantitative estimate of drug-likeness (QED) is 0.715. The lowest BCUT2D eigenvalue weighted by Gasteiger charge is -2.16. The van der Waals surface area contributed by atoms with Crippen LogP contribution in [0.3, 0.4) is 0 Å². The molecule has 3 rings (SSSR count). The predicted octanol–water partition coefficient (Wildman–Crippen LogP) is 4.16. The minimum absolute atomic E-state index is 0.422. The molecule has 1 amide bonds. The Morgan fingerprint density at radius 2 is 1.80 bits per heavy atom. The maximum Gasteiger partial charge on any atom is 0.303 e. The van der Waals surface area contributed by atoms with Crippen LogP contribution in [0.1, 0.15) is 29.7 Å². The number of aromatic nitrogens is 1. The number of amides is 1. The van der Waals surface area contributed by atoms with Crippen molar-refractivity contribution in [3.8, 4) is 0 Å². The summed E-state index contributed by atoms with van der Waals surface area (Å²) in [6.07, 6.45) is -1.01. The molecular weight excluding hydrogens is 336 g/mol. The largest absolute Gasteiger partial charge is 0.447 e. The smallest absolute Gasteiger partial charge is 0.303 e. The molecule has 0 aliphatic rings. The van der Waals surface area contributed by atoms with E-state index in [0.29, 0.717) is 10.7 Å². The number of hydrogen-bond acceptors (Lipinski definition) is 5. The summed E-state index contributed by atoms with van der Waals surface area (Å²) in [5.41, 5.74) is 3.78. The standard InChI is InChI=1S/C19H18N2O3S/c1-11-9-15-16(10-12(11)2)25-19(20-15)21-18(23)17(24-13(3)22)14-7-5-4-6-8-14/h4-10,17H,1-3H3,(H,20,21,23)/t17-/m1/s1. The molecule has 2 aromatic carbocycles. The van der Waals surface area contributed by atoms with Gasteiger partial charge in [0.15, 0.2) is 5.13 Å². The highest BCUT2D eigenvalue weighted by Gasteiger charge is 2.24. The van der Waals surface area contributed by atoms with E-state index in [1.165, 1.54) is 23.8 Å². The van der Waals surface area contributed by atoms with E-state index in [9.17, 15) is 9.59 Å². The minimum Gasteiger partial charge on any atom is -0.447 e. The zero-order valence-electron chi connectivity index (χ0n) is 14.2. The first kappa shape index (κ1) is 17.1. The van der Waals surface area contributed by atoms with Crippen molar-refractivity contribution in [2.24, 2.45) is 0 Å². The molecule has 0 radical (unpaired) electrons. The Morgan fingerprint density at radius 1 is 1.12 bits per heavy atom. The number of ether oxygens (including phenoxy) is 1. The fourth-order valence-electron chi connectivity index (χ4n) is 2.47. The van der Waals surface area contributed by atoms with Crippen molar-refractivity contribution >= 4 is 38.6 Å². The van der Waals surface area contributed by atoms with E-state index in [0.717, 1.165) is 15.8 Å². The van der Waals surface area contributed by atoms with Crippen molar-refractivity contribution in [1.82, 2.24) is 4.98 Å². The zero-order valence-corrected chi connectivity index (χ0v) is 15.0. The van der Waals surface area contributed by atoms with Gasteiger partial charge in [0.25, 0.3) is 5.91 Å². The van der Waals surface area contributed by atoms with E-state index in [2.05, 4.69) is 16.4 Å². The van der Waals surface area contributed by atoms with Crippen LogP contribution in [-0.2, 0) is 14.3 Å². The highest BCUT2D eigenvalue weighted by molar-refractivity contribution is 7.22. The molecule has 1 atom stereocenters. The van der Waals surface area contributed by atoms with Crippen LogP contribution in [-0.4, -0.2) is 16.9 Å². The number of anilines is 1. The zero-order chi connectivity index (χ0) is 18.0. The average Bonchev–Trinajstić information content (AvgIpc) is 2.94. The van der Waals surface area contributed by atoms with Crippen molar-refractivity contribution in [3.63, 3.8) is 0 Å². The number of thiazole rings is 1. The SMILES string of the molecule is CC(=O)O[C@@H](C(=O)Nc1nc2cc(C)c(C)cc2s1)c1ccccc1. The molecule has 1 aromatic heterocycles. The van der Waals surface area contributed by atoms with Gasteiger partial charge < -0.3 is 4.74 Å². The highest BCUT2D eigenvalue weighted by atomic mass is 32.1. The second-order valence-corrected chi connectivity index (χ2v) is 6.84. The normalized spacial score (nSPS) is 12.0. The summed E-state index contributed by atoms with van der Waals surface area (Å²) in [6.45, 7) is 5.35. The average molecular weight is 354 g/mol. The topological polar surface area (TPSA) is 68.3 Å². The van der Waals surface area contributed by atoms with Crippen LogP contribution >= 0.6 is 11.3 Å². The predicted molar refractivity (Wildman–Crippen MR) is 98.7 cm³/mol. The number of benzene rings is 2. The van der Waals surface area contributed by atoms with E-state index >= 15 is 0 Å². The molecule has 25 heavy (non-hydrogen) atoms. The molecule has 5 nitrogen and oxygen atoms in total. The molecular formula is C19H18N2O3S. The maximum atomic E-state index is 12.6. The highest BCUT2D eigenvalue weighted by Crippen LogP contribution is 2.29. The maximum absolute atomic E-state index is 12.6. The summed E-state index contributed by atoms with van der Waals surface area (Å²) in [5.74, 6) is -0.937. The Bertz CT molecular complexity index is 895. The molecule has 0 aliphatic carbocycles. The second-order valence-electron chi connectivity index (χ2n) is 5.81. The number of carbonyl (C=O) groups excluding carboxylic acids is 2. The Balaban J connectivity index is 1.87. The minimum atomic E-state index is -1.01. The molecule has 0 spiro atoms. The third-order valence-corrected chi connectivity index (χ3v) is 4.79. The summed E-state index contributed by atoms with van der Waals surface area (Å²) in [7, 11) is 0. The lowest BCUT2D eigenvalue weighted by atomic mass is 10.1. The number of nitrogens with one attached hydrogen (secondary N) is 1. The molecule has 1 N–H and O–H groups in total. The van der Waals surface area contributed by atoms with E-state index in [-0.39, 0.29) is 0 Å². The van der Waals surface area contributed by atoms with Crippen molar-refractivity contribution in [3.05, 3.63) is 59.2 Å². The van der Waals surface area contributed by atoms with Crippen LogP contribution in [0.5, 0.6) is 0 Å². The van der Waals surface area contributed by atoms with Gasteiger partial charge in [0.2, 0.25) is 6.10 Å². The van der Waals surface area contributed by atoms with Crippen LogP contribution in [0.4, 0.5) is 5.13 Å². The molecule has 0 aliphatic heterocycles. The number of aryl methyl sites for hydroxylation is 2. The van der Waals surface area contributed by atoms with Gasteiger partial charge in [-0.15, -0.1) is 0 Å². The summed E-state index contributed by atoms with van der Waals surface area (Å²) in [4.78, 5) is 28.5. The van der Waals surface area contributed by atoms with Crippen LogP contribution in [0.15, 0.2) is 42.5 Å². The van der Waals surface area contributed by atoms with Gasteiger partial charge >= 0.3 is 5.97 Å². The van der Waals surface area contributed by atoms with Crippen LogP contribution in [0, 0.1) is 13.8 Å². The second kappa shape index (κ2) is 7.03. The molecule has 1 heterocycles. The number of carbonyl (C=O) groups is 2. The Labute approximate surface area is 149 Å². The molecule has 6 heteroatoms. The van der Waals surface area contributed by atoms with Gasteiger partial charge in [0.05, 0.1) is 10.2 Å². The van der Waals surface area contributed by atoms with Gasteiger partial charge in [-0.25, -0.2) is 4.98 Å². The first-order valence-electron chi connectivity index (χ1n) is 7.85. The third-order valence-electron chi connectivity index (χ3n) is 3.86. The van der Waals surface area contributed by atoms with Gasteiger partial charge in [0.1, 0.15) is 0 Å². The first-order chi connectivity index (χ1) is 11.9. The van der Waals surface area contributed by atoms with Gasteiger partial charge in [-0.05, 0) is 37.1 Å². The van der Waals surface area contributed by atoms with Crippen molar-refractivity contribution in [1.29, 1.82) is 0 Å². The lowest BCUT2D eigenvalue weighted by Crippen LogP contribution is -2.25. The van der Waals surface area contributed by atoms with Crippen molar-refractivity contribution in [2.45, 2.75) is 26.9 Å². The molecule has 0 saturated heterocycles. The summed E-state index contributed by atoms with van der Waals surface area (Å²) in [6, 6.07) is 13.0. The molecule has 128 valence electrons. The fraction of sp³-hybridized carbons (Fsp3) is 0.211. The third kappa shape index (κ3) is 3.85. The van der Waals surface area contributed by atoms with Crippen LogP contribution in [0.2, 0.25) is 0 Å². The molecule has 3 aromatic rings. The number of fused-ring (bicyclic) bond motifs is 1. The number of rotatable bonds is 4. The van der Waals surface area contributed by atoms with E-state index in [1.54, 1.807) is 24.3 Å². The van der Waals surface area contributed by atoms with Crippen LogP contribution < -0.4 is 5.32 Å². The van der Waals surface area contributed by atoms with E-state index in [1.807, 2.05) is 26.0 Å². The Kier molecular flexibility index (Phi) is 4.81. The van der Waals surface area contributed by atoms with E-state index in [4.69, 9.17) is 4.74 Å². The van der Waals surface area contributed by atoms with Crippen molar-refractivity contribution < 1.29 is 14.3 Å². The monoisotopic (exact) mass is 354 g/mol. The summed E-state index contributed by atoms with van der Waals surface area (Å²) in [5, 5.41) is 3.25. The number of nitrogens with zero attached hydrogens (tertiary/aromatic N) is 1. The molecule has 0 bridgehead atoms. The van der Waals surface area contributed by atoms with Crippen molar-refractivity contribution in [2.75, 3.05) is 5.32 Å². The van der Waals surface area contributed by atoms with Gasteiger partial charge in [-0.1, -0.05) is 41.7 Å². The molecule has 0 unspecified atom stereocenters. The van der Waals surface area contributed by atoms with Gasteiger partial charge in [-0.3, -0.25) is 14.9 Å². The number of esters is 1. The Morgan fingerprint density at radius 3 is 2.48 bits per heavy atom. The summed E-state index contributed by atoms with van der Waals surface area (Å²) >= 11 is 1.40. The first-order valence-corrected chi connectivity index (χ1v) is 8.66. The van der Waals surface area contributed by atoms with Crippen LogP contribution in [0.25, 0.3) is 10.2 Å². The lowest BCUT2D eigenvalue weighted by molar-refractivity contribution is -0.152. The fourth-order valence-corrected chi connectivity index (χ4v) is 3.42. The van der Waals surface area contributed by atoms with E-state index < -0.39 is 18.0 Å². The van der Waals surface area contributed by atoms with Gasteiger partial charge in [-0.2, -0.15) is 0 Å². The molecule has 0 saturated carbocycles.